The van der Waals surface area contributed by atoms with Crippen LogP contribution in [0.5, 0.6) is 0 Å². The average Bonchev–Trinajstić information content (AvgIpc) is 3.04. The minimum absolute atomic E-state index is 0.00424. The summed E-state index contributed by atoms with van der Waals surface area (Å²) in [6.07, 6.45) is 0. The van der Waals surface area contributed by atoms with Gasteiger partial charge in [0.2, 0.25) is 10.0 Å². The van der Waals surface area contributed by atoms with Gasteiger partial charge in [-0.05, 0) is 50.2 Å². The predicted molar refractivity (Wildman–Crippen MR) is 109 cm³/mol. The van der Waals surface area contributed by atoms with Gasteiger partial charge in [-0.2, -0.15) is 0 Å². The van der Waals surface area contributed by atoms with Gasteiger partial charge in [0, 0.05) is 11.4 Å². The number of hydrogen-bond acceptors (Lipinski definition) is 5. The number of carbonyl (C=O) groups excluding carboxylic acids is 1. The Kier molecular flexibility index (Phi) is 5.90. The highest BCUT2D eigenvalue weighted by Crippen LogP contribution is 2.33. The van der Waals surface area contributed by atoms with E-state index in [0.29, 0.717) is 11.4 Å². The summed E-state index contributed by atoms with van der Waals surface area (Å²) in [4.78, 5) is 12.8. The molecule has 0 bridgehead atoms. The van der Waals surface area contributed by atoms with Crippen LogP contribution in [-0.4, -0.2) is 25.2 Å². The lowest BCUT2D eigenvalue weighted by Crippen LogP contribution is -2.15. The first-order chi connectivity index (χ1) is 13.7. The molecular formula is C19H17ClFN3O4S. The number of amides is 1. The normalized spacial score (nSPS) is 11.3. The van der Waals surface area contributed by atoms with Crippen molar-refractivity contribution in [2.75, 3.05) is 15.8 Å². The smallest absolute Gasteiger partial charge is 0.261 e. The topological polar surface area (TPSA) is 101 Å². The minimum atomic E-state index is -3.40. The number of benzene rings is 2. The standard InChI is InChI=1S/C19H17ClFN3O4S/c1-3-29(26,27)24-13-9-7-12(8-10-13)22-19(25)16-11(2)28-23-18(16)17-14(20)5-4-6-15(17)21/h4-10,24H,3H2,1-2H3,(H,22,25). The molecule has 0 saturated carbocycles. The fraction of sp³-hybridized carbons (Fsp3) is 0.158. The Morgan fingerprint density at radius 3 is 2.45 bits per heavy atom. The number of halogens is 2. The number of nitrogens with one attached hydrogen (secondary N) is 2. The van der Waals surface area contributed by atoms with Gasteiger partial charge < -0.3 is 9.84 Å². The quantitative estimate of drug-likeness (QED) is 0.593. The van der Waals surface area contributed by atoms with Crippen molar-refractivity contribution in [3.63, 3.8) is 0 Å². The third kappa shape index (κ3) is 4.57. The molecule has 0 radical (unpaired) electrons. The summed E-state index contributed by atoms with van der Waals surface area (Å²) in [5, 5.41) is 6.55. The van der Waals surface area contributed by atoms with Crippen LogP contribution < -0.4 is 10.0 Å². The monoisotopic (exact) mass is 437 g/mol. The molecule has 1 aromatic heterocycles. The maximum atomic E-state index is 14.3. The van der Waals surface area contributed by atoms with E-state index in [9.17, 15) is 17.6 Å². The summed E-state index contributed by atoms with van der Waals surface area (Å²) in [5.41, 5.74) is 0.786. The van der Waals surface area contributed by atoms with Crippen LogP contribution >= 0.6 is 11.6 Å². The van der Waals surface area contributed by atoms with Gasteiger partial charge in [-0.15, -0.1) is 0 Å². The highest BCUT2D eigenvalue weighted by molar-refractivity contribution is 7.92. The Morgan fingerprint density at radius 1 is 1.17 bits per heavy atom. The zero-order valence-corrected chi connectivity index (χ0v) is 17.1. The second kappa shape index (κ2) is 8.22. The van der Waals surface area contributed by atoms with Crippen molar-refractivity contribution in [2.45, 2.75) is 13.8 Å². The van der Waals surface area contributed by atoms with Gasteiger partial charge in [-0.1, -0.05) is 22.8 Å². The van der Waals surface area contributed by atoms with Crippen molar-refractivity contribution in [1.29, 1.82) is 0 Å². The molecule has 0 saturated heterocycles. The van der Waals surface area contributed by atoms with Crippen molar-refractivity contribution >= 4 is 38.9 Å². The van der Waals surface area contributed by atoms with Crippen molar-refractivity contribution in [2.24, 2.45) is 0 Å². The van der Waals surface area contributed by atoms with E-state index in [-0.39, 0.29) is 33.4 Å². The summed E-state index contributed by atoms with van der Waals surface area (Å²) in [5.74, 6) is -1.06. The third-order valence-electron chi connectivity index (χ3n) is 4.09. The molecule has 1 amide bonds. The van der Waals surface area contributed by atoms with Crippen LogP contribution in [0.3, 0.4) is 0 Å². The SMILES string of the molecule is CCS(=O)(=O)Nc1ccc(NC(=O)c2c(-c3c(F)cccc3Cl)noc2C)cc1. The van der Waals surface area contributed by atoms with E-state index in [1.165, 1.54) is 56.3 Å². The molecule has 3 aromatic rings. The molecule has 1 heterocycles. The van der Waals surface area contributed by atoms with E-state index < -0.39 is 21.7 Å². The van der Waals surface area contributed by atoms with Gasteiger partial charge in [0.15, 0.2) is 0 Å². The van der Waals surface area contributed by atoms with Crippen molar-refractivity contribution in [3.8, 4) is 11.3 Å². The molecule has 0 fully saturated rings. The first-order valence-corrected chi connectivity index (χ1v) is 10.6. The largest absolute Gasteiger partial charge is 0.360 e. The van der Waals surface area contributed by atoms with Crippen LogP contribution in [-0.2, 0) is 10.0 Å². The molecule has 3 rings (SSSR count). The lowest BCUT2D eigenvalue weighted by atomic mass is 10.0. The summed E-state index contributed by atoms with van der Waals surface area (Å²) in [6.45, 7) is 3.06. The third-order valence-corrected chi connectivity index (χ3v) is 5.71. The second-order valence-corrected chi connectivity index (χ2v) is 8.51. The van der Waals surface area contributed by atoms with Crippen LogP contribution in [0.25, 0.3) is 11.3 Å². The molecule has 152 valence electrons. The van der Waals surface area contributed by atoms with Crippen LogP contribution in [0, 0.1) is 12.7 Å². The number of nitrogens with zero attached hydrogens (tertiary/aromatic N) is 1. The number of aromatic nitrogens is 1. The van der Waals surface area contributed by atoms with Gasteiger partial charge in [-0.3, -0.25) is 9.52 Å². The number of hydrogen-bond donors (Lipinski definition) is 2. The molecule has 0 spiro atoms. The number of rotatable bonds is 6. The lowest BCUT2D eigenvalue weighted by molar-refractivity contribution is 0.102. The summed E-state index contributed by atoms with van der Waals surface area (Å²) < 4.78 is 45.0. The Balaban J connectivity index is 1.87. The van der Waals surface area contributed by atoms with Gasteiger partial charge in [0.1, 0.15) is 22.8 Å². The number of sulfonamides is 1. The highest BCUT2D eigenvalue weighted by atomic mass is 35.5. The fourth-order valence-electron chi connectivity index (χ4n) is 2.60. The van der Waals surface area contributed by atoms with Crippen molar-refractivity contribution < 1.29 is 22.1 Å². The summed E-state index contributed by atoms with van der Waals surface area (Å²) in [7, 11) is -3.40. The van der Waals surface area contributed by atoms with Gasteiger partial charge in [-0.25, -0.2) is 12.8 Å². The first-order valence-electron chi connectivity index (χ1n) is 8.54. The molecule has 0 aliphatic carbocycles. The fourth-order valence-corrected chi connectivity index (χ4v) is 3.49. The maximum absolute atomic E-state index is 14.3. The molecular weight excluding hydrogens is 421 g/mol. The Bertz CT molecular complexity index is 1140. The highest BCUT2D eigenvalue weighted by Gasteiger charge is 2.25. The molecule has 0 atom stereocenters. The van der Waals surface area contributed by atoms with Gasteiger partial charge in [0.25, 0.3) is 5.91 Å². The molecule has 0 aliphatic heterocycles. The second-order valence-electron chi connectivity index (χ2n) is 6.10. The van der Waals surface area contributed by atoms with Crippen LogP contribution in [0.1, 0.15) is 23.0 Å². The molecule has 29 heavy (non-hydrogen) atoms. The minimum Gasteiger partial charge on any atom is -0.360 e. The molecule has 10 heteroatoms. The molecule has 7 nitrogen and oxygen atoms in total. The summed E-state index contributed by atoms with van der Waals surface area (Å²) in [6, 6.07) is 10.2. The van der Waals surface area contributed by atoms with E-state index in [2.05, 4.69) is 15.2 Å². The molecule has 0 aliphatic rings. The van der Waals surface area contributed by atoms with E-state index in [4.69, 9.17) is 16.1 Å². The van der Waals surface area contributed by atoms with Crippen LogP contribution in [0.2, 0.25) is 5.02 Å². The van der Waals surface area contributed by atoms with E-state index in [1.54, 1.807) is 0 Å². The zero-order valence-electron chi connectivity index (χ0n) is 15.5. The Hall–Kier alpha value is -2.91. The Labute approximate surface area is 171 Å². The van der Waals surface area contributed by atoms with Crippen molar-refractivity contribution in [1.82, 2.24) is 5.16 Å². The maximum Gasteiger partial charge on any atom is 0.261 e. The molecule has 2 aromatic carbocycles. The van der Waals surface area contributed by atoms with Crippen LogP contribution in [0.4, 0.5) is 15.8 Å². The average molecular weight is 438 g/mol. The number of carbonyl (C=O) groups is 1. The van der Waals surface area contributed by atoms with E-state index >= 15 is 0 Å². The summed E-state index contributed by atoms with van der Waals surface area (Å²) >= 11 is 6.08. The van der Waals surface area contributed by atoms with E-state index in [0.717, 1.165) is 0 Å². The zero-order chi connectivity index (χ0) is 21.2. The van der Waals surface area contributed by atoms with E-state index in [1.807, 2.05) is 0 Å². The van der Waals surface area contributed by atoms with Gasteiger partial charge >= 0.3 is 0 Å². The number of aryl methyl sites for hydroxylation is 1. The van der Waals surface area contributed by atoms with Crippen molar-refractivity contribution in [3.05, 3.63) is 64.6 Å². The molecule has 0 unspecified atom stereocenters. The number of anilines is 2. The molecule has 2 N–H and O–H groups in total. The van der Waals surface area contributed by atoms with Crippen LogP contribution in [0.15, 0.2) is 47.0 Å². The van der Waals surface area contributed by atoms with Gasteiger partial charge in [0.05, 0.1) is 16.3 Å². The Morgan fingerprint density at radius 2 is 1.83 bits per heavy atom. The first kappa shape index (κ1) is 20.8. The predicted octanol–water partition coefficient (Wildman–Crippen LogP) is 4.46. The lowest BCUT2D eigenvalue weighted by Gasteiger charge is -2.09.